The summed E-state index contributed by atoms with van der Waals surface area (Å²) in [5.74, 6) is -3.27. The monoisotopic (exact) mass is 664 g/mol. The first kappa shape index (κ1) is 36.7. The number of aliphatic carboxylic acids is 1. The summed E-state index contributed by atoms with van der Waals surface area (Å²) >= 11 is 5.40. The van der Waals surface area contributed by atoms with Gasteiger partial charge in [0, 0.05) is 44.6 Å². The summed E-state index contributed by atoms with van der Waals surface area (Å²) in [6.45, 7) is 6.93. The van der Waals surface area contributed by atoms with Crippen molar-refractivity contribution in [1.29, 1.82) is 0 Å². The molecule has 6 N–H and O–H groups in total. The lowest BCUT2D eigenvalue weighted by molar-refractivity contribution is -0.141. The third-order valence-corrected chi connectivity index (χ3v) is 9.77. The van der Waals surface area contributed by atoms with Gasteiger partial charge in [0.2, 0.25) is 17.7 Å². The Bertz CT molecular complexity index is 1260. The van der Waals surface area contributed by atoms with Crippen molar-refractivity contribution < 1.29 is 34.5 Å². The zero-order valence-electron chi connectivity index (χ0n) is 24.9. The van der Waals surface area contributed by atoms with E-state index in [1.807, 2.05) is 18.7 Å². The van der Waals surface area contributed by atoms with Gasteiger partial charge in [-0.15, -0.1) is 0 Å². The van der Waals surface area contributed by atoms with Gasteiger partial charge in [-0.2, -0.15) is 0 Å². The molecule has 0 aliphatic rings. The van der Waals surface area contributed by atoms with Gasteiger partial charge < -0.3 is 36.2 Å². The Morgan fingerprint density at radius 1 is 0.818 bits per heavy atom. The fourth-order valence-electron chi connectivity index (χ4n) is 3.99. The number of benzene rings is 2. The minimum absolute atomic E-state index is 0.0372. The maximum atomic E-state index is 13.5. The normalized spacial score (nSPS) is 12.8. The van der Waals surface area contributed by atoms with Gasteiger partial charge in [0.25, 0.3) is 0 Å². The second-order valence-electron chi connectivity index (χ2n) is 9.86. The molecule has 0 spiro atoms. The second-order valence-corrected chi connectivity index (χ2v) is 12.8. The number of hydrogen-bond donors (Lipinski definition) is 6. The van der Waals surface area contributed by atoms with E-state index in [1.54, 1.807) is 31.2 Å². The van der Waals surface area contributed by atoms with E-state index in [9.17, 15) is 34.5 Å². The van der Waals surface area contributed by atoms with Crippen LogP contribution >= 0.6 is 33.8 Å². The topological polar surface area (TPSA) is 168 Å². The van der Waals surface area contributed by atoms with Crippen molar-refractivity contribution in [2.45, 2.75) is 52.1 Å². The molecular weight excluding hydrogens is 625 g/mol. The molecule has 2 rings (SSSR count). The average molecular weight is 665 g/mol. The summed E-state index contributed by atoms with van der Waals surface area (Å²) in [5, 5.41) is 37.1. The summed E-state index contributed by atoms with van der Waals surface area (Å²) in [6.07, 6.45) is 0.298. The van der Waals surface area contributed by atoms with E-state index in [-0.39, 0.29) is 49.0 Å². The smallest absolute Gasteiger partial charge is 0.309 e. The van der Waals surface area contributed by atoms with Gasteiger partial charge in [-0.25, -0.2) is 0 Å². The number of nitrogens with zero attached hydrogens (tertiary/aromatic N) is 1. The van der Waals surface area contributed by atoms with Crippen LogP contribution in [0.25, 0.3) is 0 Å². The van der Waals surface area contributed by atoms with Crippen LogP contribution in [0.5, 0.6) is 11.5 Å². The van der Waals surface area contributed by atoms with Crippen LogP contribution < -0.4 is 16.0 Å². The molecule has 0 saturated carbocycles. The quantitative estimate of drug-likeness (QED) is 0.109. The molecule has 14 heteroatoms. The largest absolute Gasteiger partial charge is 0.508 e. The van der Waals surface area contributed by atoms with Crippen LogP contribution in [0.15, 0.2) is 48.5 Å². The number of hydrogen-bond acceptors (Lipinski definition) is 9. The van der Waals surface area contributed by atoms with Crippen LogP contribution in [0.4, 0.5) is 0 Å². The molecule has 2 aromatic rings. The predicted molar refractivity (Wildman–Crippen MR) is 177 cm³/mol. The summed E-state index contributed by atoms with van der Waals surface area (Å²) < 4.78 is 0.655. The van der Waals surface area contributed by atoms with Crippen molar-refractivity contribution in [3.8, 4) is 11.5 Å². The van der Waals surface area contributed by atoms with Crippen molar-refractivity contribution in [3.05, 3.63) is 59.7 Å². The Hall–Kier alpha value is -3.49. The van der Waals surface area contributed by atoms with Gasteiger partial charge in [0.05, 0.1) is 5.92 Å². The van der Waals surface area contributed by atoms with E-state index in [1.165, 1.54) is 45.9 Å². The molecule has 3 atom stereocenters. The standard InChI is InChI=1S/C30H40N4O7S3/c1-4-26(37)32-25(16-20-9-13-23(36)14-10-20)28(39)33-24(15-19-7-11-22(35)12-8-19)27(38)31-17-21(29(40)41)18-43-44-30(42)34(5-2)6-3/h7-14,21,24-25,35-36H,4-6,15-18H2,1-3H3,(H,31,38)(H,32,37)(H,33,39)(H,40,41)/t21-,24+,25+/m1/s1. The summed E-state index contributed by atoms with van der Waals surface area (Å²) in [5.41, 5.74) is 1.32. The number of carboxylic acid groups (broad SMARTS) is 1. The predicted octanol–water partition coefficient (Wildman–Crippen LogP) is 3.09. The van der Waals surface area contributed by atoms with Gasteiger partial charge in [-0.05, 0) is 60.0 Å². The number of carboxylic acids is 1. The van der Waals surface area contributed by atoms with Crippen molar-refractivity contribution in [3.63, 3.8) is 0 Å². The Kier molecular flexibility index (Phi) is 15.9. The van der Waals surface area contributed by atoms with Crippen LogP contribution in [-0.2, 0) is 32.0 Å². The first-order chi connectivity index (χ1) is 21.0. The fraction of sp³-hybridized carbons (Fsp3) is 0.433. The number of nitrogens with one attached hydrogen (secondary N) is 3. The number of amides is 3. The maximum absolute atomic E-state index is 13.5. The second kappa shape index (κ2) is 19.0. The van der Waals surface area contributed by atoms with E-state index in [4.69, 9.17) is 12.2 Å². The number of phenolic OH excluding ortho intramolecular Hbond substituents is 2. The van der Waals surface area contributed by atoms with Crippen LogP contribution in [0, 0.1) is 5.92 Å². The van der Waals surface area contributed by atoms with Gasteiger partial charge in [-0.3, -0.25) is 19.2 Å². The minimum atomic E-state index is -1.11. The molecule has 0 bridgehead atoms. The van der Waals surface area contributed by atoms with Gasteiger partial charge in [-0.1, -0.05) is 54.2 Å². The van der Waals surface area contributed by atoms with Crippen LogP contribution in [-0.4, -0.2) is 85.7 Å². The fourth-order valence-corrected chi connectivity index (χ4v) is 6.95. The van der Waals surface area contributed by atoms with Crippen LogP contribution in [0.2, 0.25) is 0 Å². The van der Waals surface area contributed by atoms with E-state index in [0.717, 1.165) is 13.1 Å². The molecule has 11 nitrogen and oxygen atoms in total. The number of thiocarbonyl (C=S) groups is 1. The number of carbonyl (C=O) groups is 4. The molecule has 2 aromatic carbocycles. The molecule has 0 aliphatic heterocycles. The molecule has 0 aliphatic carbocycles. The molecule has 0 aromatic heterocycles. The first-order valence-electron chi connectivity index (χ1n) is 14.2. The SMILES string of the molecule is CCC(=O)N[C@@H](Cc1ccc(O)cc1)C(=O)N[C@@H](Cc1ccc(O)cc1)C(=O)NC[C@H](CSSC(=S)N(CC)CC)C(=O)O. The van der Waals surface area contributed by atoms with E-state index in [2.05, 4.69) is 16.0 Å². The third-order valence-electron chi connectivity index (χ3n) is 6.65. The molecule has 0 fully saturated rings. The molecular formula is C30H40N4O7S3. The van der Waals surface area contributed by atoms with Crippen molar-refractivity contribution in [2.75, 3.05) is 25.4 Å². The van der Waals surface area contributed by atoms with E-state index < -0.39 is 35.8 Å². The van der Waals surface area contributed by atoms with Gasteiger partial charge >= 0.3 is 5.97 Å². The Morgan fingerprint density at radius 2 is 1.32 bits per heavy atom. The lowest BCUT2D eigenvalue weighted by Crippen LogP contribution is -2.55. The highest BCUT2D eigenvalue weighted by Crippen LogP contribution is 2.27. The number of rotatable bonds is 17. The highest BCUT2D eigenvalue weighted by Gasteiger charge is 2.28. The van der Waals surface area contributed by atoms with Crippen molar-refractivity contribution in [2.24, 2.45) is 5.92 Å². The molecule has 0 unspecified atom stereocenters. The Morgan fingerprint density at radius 3 is 1.77 bits per heavy atom. The highest BCUT2D eigenvalue weighted by molar-refractivity contribution is 8.83. The maximum Gasteiger partial charge on any atom is 0.309 e. The number of carbonyl (C=O) groups excluding carboxylic acids is 3. The average Bonchev–Trinajstić information content (AvgIpc) is 3.00. The summed E-state index contributed by atoms with van der Waals surface area (Å²) in [7, 11) is 2.61. The van der Waals surface area contributed by atoms with Crippen LogP contribution in [0.1, 0.15) is 38.3 Å². The molecule has 0 radical (unpaired) electrons. The first-order valence-corrected chi connectivity index (χ1v) is 16.9. The molecule has 240 valence electrons. The lowest BCUT2D eigenvalue weighted by atomic mass is 10.0. The molecule has 44 heavy (non-hydrogen) atoms. The van der Waals surface area contributed by atoms with Gasteiger partial charge in [0.1, 0.15) is 27.9 Å². The van der Waals surface area contributed by atoms with Crippen molar-refractivity contribution in [1.82, 2.24) is 20.9 Å². The minimum Gasteiger partial charge on any atom is -0.508 e. The van der Waals surface area contributed by atoms with Gasteiger partial charge in [0.15, 0.2) is 0 Å². The van der Waals surface area contributed by atoms with Crippen molar-refractivity contribution >= 4 is 61.8 Å². The third kappa shape index (κ3) is 12.6. The summed E-state index contributed by atoms with van der Waals surface area (Å²) in [6, 6.07) is 10.2. The zero-order chi connectivity index (χ0) is 32.6. The zero-order valence-corrected chi connectivity index (χ0v) is 27.4. The number of phenols is 2. The lowest BCUT2D eigenvalue weighted by Gasteiger charge is -2.24. The Labute approximate surface area is 271 Å². The van der Waals surface area contributed by atoms with Crippen LogP contribution in [0.3, 0.4) is 0 Å². The van der Waals surface area contributed by atoms with E-state index >= 15 is 0 Å². The summed E-state index contributed by atoms with van der Waals surface area (Å²) in [4.78, 5) is 53.1. The molecule has 3 amide bonds. The Balaban J connectivity index is 2.17. The molecule has 0 heterocycles. The molecule has 0 saturated heterocycles. The number of aromatic hydroxyl groups is 2. The van der Waals surface area contributed by atoms with E-state index in [0.29, 0.717) is 15.4 Å². The highest BCUT2D eigenvalue weighted by atomic mass is 33.1.